The van der Waals surface area contributed by atoms with Crippen molar-refractivity contribution in [3.05, 3.63) is 30.5 Å². The quantitative estimate of drug-likeness (QED) is 0.911. The van der Waals surface area contributed by atoms with Crippen LogP contribution in [0.25, 0.3) is 11.0 Å². The lowest BCUT2D eigenvalue weighted by molar-refractivity contribution is -0.137. The summed E-state index contributed by atoms with van der Waals surface area (Å²) < 4.78 is 0. The molecule has 0 amide bonds. The maximum Gasteiger partial charge on any atom is 0.305 e. The molecule has 2 heterocycles. The number of fused-ring (bicyclic) bond motifs is 1. The predicted octanol–water partition coefficient (Wildman–Crippen LogP) is 2.07. The molecule has 1 unspecified atom stereocenters. The van der Waals surface area contributed by atoms with Gasteiger partial charge in [-0.1, -0.05) is 12.1 Å². The third-order valence-electron chi connectivity index (χ3n) is 3.52. The number of hydrogen-bond donors (Lipinski definition) is 1. The van der Waals surface area contributed by atoms with Gasteiger partial charge >= 0.3 is 5.97 Å². The number of rotatable bonds is 3. The second-order valence-electron chi connectivity index (χ2n) is 4.80. The minimum Gasteiger partial charge on any atom is -0.481 e. The van der Waals surface area contributed by atoms with Crippen LogP contribution >= 0.6 is 0 Å². The smallest absolute Gasteiger partial charge is 0.305 e. The first-order valence-electron chi connectivity index (χ1n) is 6.44. The second kappa shape index (κ2) is 4.84. The number of carbonyl (C=O) groups is 1. The Balaban J connectivity index is 1.92. The highest BCUT2D eigenvalue weighted by molar-refractivity contribution is 5.75. The molecule has 1 N–H and O–H groups in total. The second-order valence-corrected chi connectivity index (χ2v) is 4.80. The number of nitrogens with zero attached hydrogens (tertiary/aromatic N) is 3. The van der Waals surface area contributed by atoms with E-state index in [-0.39, 0.29) is 12.5 Å². The maximum absolute atomic E-state index is 10.9. The summed E-state index contributed by atoms with van der Waals surface area (Å²) in [6, 6.07) is 7.74. The monoisotopic (exact) mass is 257 g/mol. The topological polar surface area (TPSA) is 66.3 Å². The molecule has 2 aromatic rings. The van der Waals surface area contributed by atoms with Crippen LogP contribution in [0.15, 0.2) is 30.5 Å². The van der Waals surface area contributed by atoms with E-state index >= 15 is 0 Å². The highest BCUT2D eigenvalue weighted by Crippen LogP contribution is 2.26. The van der Waals surface area contributed by atoms with Gasteiger partial charge in [-0.05, 0) is 25.0 Å². The number of carboxylic acid groups (broad SMARTS) is 1. The van der Waals surface area contributed by atoms with E-state index in [0.717, 1.165) is 36.2 Å². The van der Waals surface area contributed by atoms with E-state index in [4.69, 9.17) is 5.11 Å². The number of aromatic nitrogens is 2. The van der Waals surface area contributed by atoms with Crippen molar-refractivity contribution in [2.45, 2.75) is 25.3 Å². The summed E-state index contributed by atoms with van der Waals surface area (Å²) in [5.41, 5.74) is 1.71. The first kappa shape index (κ1) is 11.9. The number of hydrogen-bond acceptors (Lipinski definition) is 4. The fourth-order valence-corrected chi connectivity index (χ4v) is 2.64. The van der Waals surface area contributed by atoms with Crippen LogP contribution in [0.3, 0.4) is 0 Å². The Morgan fingerprint density at radius 3 is 2.95 bits per heavy atom. The van der Waals surface area contributed by atoms with Crippen molar-refractivity contribution in [1.29, 1.82) is 0 Å². The van der Waals surface area contributed by atoms with Crippen LogP contribution in [-0.2, 0) is 4.79 Å². The Hall–Kier alpha value is -2.17. The first-order valence-corrected chi connectivity index (χ1v) is 6.44. The molecule has 5 nitrogen and oxygen atoms in total. The van der Waals surface area contributed by atoms with Gasteiger partial charge in [0.05, 0.1) is 23.7 Å². The summed E-state index contributed by atoms with van der Waals surface area (Å²) >= 11 is 0. The highest BCUT2D eigenvalue weighted by atomic mass is 16.4. The number of para-hydroxylation sites is 2. The van der Waals surface area contributed by atoms with Crippen LogP contribution in [0, 0.1) is 0 Å². The van der Waals surface area contributed by atoms with Crippen molar-refractivity contribution in [3.8, 4) is 0 Å². The Labute approximate surface area is 110 Å². The molecule has 1 aromatic carbocycles. The zero-order valence-electron chi connectivity index (χ0n) is 10.5. The number of carboxylic acids is 1. The van der Waals surface area contributed by atoms with E-state index in [9.17, 15) is 4.79 Å². The Morgan fingerprint density at radius 1 is 1.37 bits per heavy atom. The Bertz CT molecular complexity index is 614. The molecule has 1 saturated heterocycles. The van der Waals surface area contributed by atoms with Gasteiger partial charge in [0.25, 0.3) is 0 Å². The van der Waals surface area contributed by atoms with Gasteiger partial charge in [-0.3, -0.25) is 9.78 Å². The molecule has 3 rings (SSSR count). The molecule has 1 fully saturated rings. The van der Waals surface area contributed by atoms with Gasteiger partial charge in [0.1, 0.15) is 5.82 Å². The Morgan fingerprint density at radius 2 is 2.16 bits per heavy atom. The third-order valence-corrected chi connectivity index (χ3v) is 3.52. The molecule has 1 atom stereocenters. The van der Waals surface area contributed by atoms with Crippen molar-refractivity contribution in [1.82, 2.24) is 9.97 Å². The SMILES string of the molecule is O=C(O)CC1CCCN1c1cnc2ccccc2n1. The average molecular weight is 257 g/mol. The standard InChI is InChI=1S/C14H15N3O2/c18-14(19)8-10-4-3-7-17(10)13-9-15-11-5-1-2-6-12(11)16-13/h1-2,5-6,9-10H,3-4,7-8H2,(H,18,19). The first-order chi connectivity index (χ1) is 9.24. The van der Waals surface area contributed by atoms with Crippen LogP contribution in [-0.4, -0.2) is 33.6 Å². The zero-order valence-corrected chi connectivity index (χ0v) is 10.5. The van der Waals surface area contributed by atoms with E-state index < -0.39 is 5.97 Å². The molecule has 0 aliphatic carbocycles. The minimum atomic E-state index is -0.759. The van der Waals surface area contributed by atoms with E-state index in [0.29, 0.717) is 0 Å². The lowest BCUT2D eigenvalue weighted by Gasteiger charge is -2.24. The van der Waals surface area contributed by atoms with Gasteiger partial charge in [0.15, 0.2) is 0 Å². The van der Waals surface area contributed by atoms with Crippen LogP contribution < -0.4 is 4.90 Å². The molecular formula is C14H15N3O2. The van der Waals surface area contributed by atoms with Crippen molar-refractivity contribution < 1.29 is 9.90 Å². The predicted molar refractivity (Wildman–Crippen MR) is 72.2 cm³/mol. The van der Waals surface area contributed by atoms with Crippen molar-refractivity contribution in [3.63, 3.8) is 0 Å². The molecule has 5 heteroatoms. The summed E-state index contributed by atoms with van der Waals surface area (Å²) in [5, 5.41) is 8.95. The lowest BCUT2D eigenvalue weighted by atomic mass is 10.1. The van der Waals surface area contributed by atoms with Crippen LogP contribution in [0.1, 0.15) is 19.3 Å². The van der Waals surface area contributed by atoms with Crippen LogP contribution in [0.2, 0.25) is 0 Å². The molecule has 1 aliphatic heterocycles. The summed E-state index contributed by atoms with van der Waals surface area (Å²) in [6.07, 6.45) is 3.81. The largest absolute Gasteiger partial charge is 0.481 e. The van der Waals surface area contributed by atoms with Gasteiger partial charge in [-0.15, -0.1) is 0 Å². The summed E-state index contributed by atoms with van der Waals surface area (Å²) in [7, 11) is 0. The summed E-state index contributed by atoms with van der Waals surface area (Å²) in [4.78, 5) is 21.9. The normalized spacial score (nSPS) is 18.9. The van der Waals surface area contributed by atoms with Crippen LogP contribution in [0.5, 0.6) is 0 Å². The van der Waals surface area contributed by atoms with Crippen LogP contribution in [0.4, 0.5) is 5.82 Å². The Kier molecular flexibility index (Phi) is 3.03. The molecule has 1 aliphatic rings. The summed E-state index contributed by atoms with van der Waals surface area (Å²) in [6.45, 7) is 0.852. The molecule has 0 saturated carbocycles. The summed E-state index contributed by atoms with van der Waals surface area (Å²) in [5.74, 6) is 0.0214. The van der Waals surface area contributed by atoms with E-state index in [1.54, 1.807) is 6.20 Å². The van der Waals surface area contributed by atoms with Gasteiger partial charge in [-0.2, -0.15) is 0 Å². The molecule has 98 valence electrons. The zero-order chi connectivity index (χ0) is 13.2. The van der Waals surface area contributed by atoms with E-state index in [1.807, 2.05) is 24.3 Å². The number of benzene rings is 1. The van der Waals surface area contributed by atoms with E-state index in [1.165, 1.54) is 0 Å². The molecule has 0 bridgehead atoms. The fourth-order valence-electron chi connectivity index (χ4n) is 2.64. The van der Waals surface area contributed by atoms with Gasteiger partial charge in [0.2, 0.25) is 0 Å². The minimum absolute atomic E-state index is 0.0352. The van der Waals surface area contributed by atoms with E-state index in [2.05, 4.69) is 14.9 Å². The molecular weight excluding hydrogens is 242 g/mol. The molecule has 19 heavy (non-hydrogen) atoms. The third kappa shape index (κ3) is 2.36. The highest BCUT2D eigenvalue weighted by Gasteiger charge is 2.27. The molecule has 0 radical (unpaired) electrons. The van der Waals surface area contributed by atoms with Crippen molar-refractivity contribution in [2.75, 3.05) is 11.4 Å². The lowest BCUT2D eigenvalue weighted by Crippen LogP contribution is -2.32. The number of anilines is 1. The van der Waals surface area contributed by atoms with Crippen molar-refractivity contribution in [2.24, 2.45) is 0 Å². The number of aliphatic carboxylic acids is 1. The maximum atomic E-state index is 10.9. The molecule has 0 spiro atoms. The fraction of sp³-hybridized carbons (Fsp3) is 0.357. The van der Waals surface area contributed by atoms with Gasteiger partial charge in [-0.25, -0.2) is 4.98 Å². The van der Waals surface area contributed by atoms with Gasteiger partial charge < -0.3 is 10.0 Å². The van der Waals surface area contributed by atoms with Gasteiger partial charge in [0, 0.05) is 12.6 Å². The van der Waals surface area contributed by atoms with Crippen molar-refractivity contribution >= 4 is 22.8 Å². The molecule has 1 aromatic heterocycles. The average Bonchev–Trinajstić information content (AvgIpc) is 2.85.